The average Bonchev–Trinajstić information content (AvgIpc) is 2.77. The van der Waals surface area contributed by atoms with E-state index in [1.807, 2.05) is 18.2 Å². The smallest absolute Gasteiger partial charge is 0.193 e. The molecule has 2 aromatic carbocycles. The van der Waals surface area contributed by atoms with Gasteiger partial charge in [0, 0.05) is 17.2 Å². The lowest BCUT2D eigenvalue weighted by atomic mass is 9.98. The van der Waals surface area contributed by atoms with Gasteiger partial charge in [0.1, 0.15) is 17.2 Å². The van der Waals surface area contributed by atoms with Crippen LogP contribution in [-0.2, 0) is 0 Å². The van der Waals surface area contributed by atoms with Gasteiger partial charge in [-0.15, -0.1) is 0 Å². The fraction of sp³-hybridized carbons (Fsp3) is 0.552. The maximum atomic E-state index is 13.3. The van der Waals surface area contributed by atoms with E-state index in [2.05, 4.69) is 0 Å². The first-order valence-electron chi connectivity index (χ1n) is 13.0. The van der Waals surface area contributed by atoms with Crippen molar-refractivity contribution in [2.75, 3.05) is 0 Å². The van der Waals surface area contributed by atoms with Gasteiger partial charge < -0.3 is 14.6 Å². The van der Waals surface area contributed by atoms with Gasteiger partial charge in [0.15, 0.2) is 5.78 Å². The Hall–Kier alpha value is -2.49. The van der Waals surface area contributed by atoms with Crippen LogP contribution in [0.25, 0.3) is 0 Å². The number of phenols is 1. The zero-order valence-electron chi connectivity index (χ0n) is 19.8. The Balaban J connectivity index is 1.57. The van der Waals surface area contributed by atoms with Crippen LogP contribution in [0.3, 0.4) is 0 Å². The molecule has 2 saturated carbocycles. The standard InChI is InChI=1S/C29H38O4/c30-24-17-15-22(16-18-24)29(31)23-19-27(32-25-11-7-3-1-4-8-12-25)21-28(20-23)33-26-13-9-5-2-6-10-14-26/h15-21,25-26,30H,1-14H2. The summed E-state index contributed by atoms with van der Waals surface area (Å²) in [6.45, 7) is 0. The molecule has 0 amide bonds. The predicted octanol–water partition coefficient (Wildman–Crippen LogP) is 7.61. The summed E-state index contributed by atoms with van der Waals surface area (Å²) in [6.07, 6.45) is 17.2. The highest BCUT2D eigenvalue weighted by Gasteiger charge is 2.19. The van der Waals surface area contributed by atoms with Crippen LogP contribution >= 0.6 is 0 Å². The molecule has 0 unspecified atom stereocenters. The largest absolute Gasteiger partial charge is 0.508 e. The molecule has 4 rings (SSSR count). The number of hydrogen-bond acceptors (Lipinski definition) is 4. The number of aromatic hydroxyl groups is 1. The Labute approximate surface area is 198 Å². The van der Waals surface area contributed by atoms with Crippen molar-refractivity contribution in [3.63, 3.8) is 0 Å². The average molecular weight is 451 g/mol. The molecule has 1 N–H and O–H groups in total. The maximum Gasteiger partial charge on any atom is 0.193 e. The van der Waals surface area contributed by atoms with Crippen molar-refractivity contribution in [2.45, 2.75) is 102 Å². The third kappa shape index (κ3) is 7.25. The lowest BCUT2D eigenvalue weighted by Gasteiger charge is -2.24. The number of ketones is 1. The number of phenolic OH excluding ortho intramolecular Hbond substituents is 1. The minimum absolute atomic E-state index is 0.0827. The first kappa shape index (κ1) is 23.7. The zero-order valence-corrected chi connectivity index (χ0v) is 19.8. The van der Waals surface area contributed by atoms with Crippen LogP contribution < -0.4 is 9.47 Å². The third-order valence-corrected chi connectivity index (χ3v) is 6.98. The second-order valence-corrected chi connectivity index (χ2v) is 9.74. The molecule has 0 radical (unpaired) electrons. The topological polar surface area (TPSA) is 55.8 Å². The maximum absolute atomic E-state index is 13.3. The monoisotopic (exact) mass is 450 g/mol. The van der Waals surface area contributed by atoms with Gasteiger partial charge in [-0.05, 0) is 87.8 Å². The Morgan fingerprint density at radius 3 is 1.48 bits per heavy atom. The van der Waals surface area contributed by atoms with Crippen molar-refractivity contribution < 1.29 is 19.4 Å². The van der Waals surface area contributed by atoms with E-state index < -0.39 is 0 Å². The molecule has 0 aliphatic heterocycles. The first-order chi connectivity index (χ1) is 16.2. The molecule has 0 aromatic heterocycles. The quantitative estimate of drug-likeness (QED) is 0.460. The van der Waals surface area contributed by atoms with Gasteiger partial charge in [-0.1, -0.05) is 38.5 Å². The van der Waals surface area contributed by atoms with E-state index in [9.17, 15) is 9.90 Å². The van der Waals surface area contributed by atoms with Crippen LogP contribution in [0.4, 0.5) is 0 Å². The molecular weight excluding hydrogens is 412 g/mol. The van der Waals surface area contributed by atoms with Gasteiger partial charge >= 0.3 is 0 Å². The number of ether oxygens (including phenoxy) is 2. The molecule has 0 heterocycles. The predicted molar refractivity (Wildman–Crippen MR) is 131 cm³/mol. The number of carbonyl (C=O) groups is 1. The minimum Gasteiger partial charge on any atom is -0.508 e. The van der Waals surface area contributed by atoms with Crippen molar-refractivity contribution in [3.8, 4) is 17.2 Å². The summed E-state index contributed by atoms with van der Waals surface area (Å²) in [5, 5.41) is 9.60. The summed E-state index contributed by atoms with van der Waals surface area (Å²) in [7, 11) is 0. The highest BCUT2D eigenvalue weighted by molar-refractivity contribution is 6.09. The number of benzene rings is 2. The van der Waals surface area contributed by atoms with E-state index in [0.717, 1.165) is 37.2 Å². The highest BCUT2D eigenvalue weighted by Crippen LogP contribution is 2.31. The fourth-order valence-electron chi connectivity index (χ4n) is 5.08. The molecule has 2 fully saturated rings. The van der Waals surface area contributed by atoms with Crippen molar-refractivity contribution in [2.24, 2.45) is 0 Å². The van der Waals surface area contributed by atoms with Gasteiger partial charge in [-0.2, -0.15) is 0 Å². The molecule has 4 nitrogen and oxygen atoms in total. The van der Waals surface area contributed by atoms with Crippen LogP contribution in [0, 0.1) is 0 Å². The Morgan fingerprint density at radius 1 is 0.606 bits per heavy atom. The van der Waals surface area contributed by atoms with E-state index in [1.54, 1.807) is 24.3 Å². The van der Waals surface area contributed by atoms with E-state index in [1.165, 1.54) is 64.2 Å². The minimum atomic E-state index is -0.0827. The molecule has 0 saturated heterocycles. The van der Waals surface area contributed by atoms with Crippen molar-refractivity contribution >= 4 is 5.78 Å². The van der Waals surface area contributed by atoms with Crippen LogP contribution in [0.5, 0.6) is 17.2 Å². The summed E-state index contributed by atoms with van der Waals surface area (Å²) in [6, 6.07) is 12.1. The second kappa shape index (κ2) is 12.1. The van der Waals surface area contributed by atoms with Gasteiger partial charge in [0.05, 0.1) is 12.2 Å². The van der Waals surface area contributed by atoms with E-state index in [4.69, 9.17) is 9.47 Å². The lowest BCUT2D eigenvalue weighted by molar-refractivity contribution is 0.103. The SMILES string of the molecule is O=C(c1ccc(O)cc1)c1cc(OC2CCCCCCC2)cc(OC2CCCCCCC2)c1. The number of carbonyl (C=O) groups excluding carboxylic acids is 1. The van der Waals surface area contributed by atoms with E-state index in [0.29, 0.717) is 11.1 Å². The van der Waals surface area contributed by atoms with Gasteiger partial charge in [-0.25, -0.2) is 0 Å². The molecular formula is C29H38O4. The van der Waals surface area contributed by atoms with Crippen molar-refractivity contribution in [1.29, 1.82) is 0 Å². The van der Waals surface area contributed by atoms with Crippen LogP contribution in [0.2, 0.25) is 0 Å². The molecule has 178 valence electrons. The molecule has 2 aliphatic carbocycles. The lowest BCUT2D eigenvalue weighted by Crippen LogP contribution is -2.19. The summed E-state index contributed by atoms with van der Waals surface area (Å²) >= 11 is 0. The highest BCUT2D eigenvalue weighted by atomic mass is 16.5. The van der Waals surface area contributed by atoms with E-state index >= 15 is 0 Å². The molecule has 0 atom stereocenters. The second-order valence-electron chi connectivity index (χ2n) is 9.74. The molecule has 0 spiro atoms. The van der Waals surface area contributed by atoms with Gasteiger partial charge in [0.25, 0.3) is 0 Å². The van der Waals surface area contributed by atoms with Crippen LogP contribution in [0.15, 0.2) is 42.5 Å². The van der Waals surface area contributed by atoms with Gasteiger partial charge in [0.2, 0.25) is 0 Å². The molecule has 2 aromatic rings. The molecule has 2 aliphatic rings. The number of hydrogen-bond donors (Lipinski definition) is 1. The Bertz CT molecular complexity index is 831. The van der Waals surface area contributed by atoms with E-state index in [-0.39, 0.29) is 23.7 Å². The molecule has 0 bridgehead atoms. The summed E-state index contributed by atoms with van der Waals surface area (Å²) in [5.41, 5.74) is 1.12. The fourth-order valence-corrected chi connectivity index (χ4v) is 5.08. The van der Waals surface area contributed by atoms with Gasteiger partial charge in [-0.3, -0.25) is 4.79 Å². The summed E-state index contributed by atoms with van der Waals surface area (Å²) in [5.74, 6) is 1.53. The molecule has 33 heavy (non-hydrogen) atoms. The number of rotatable bonds is 6. The molecule has 4 heteroatoms. The van der Waals surface area contributed by atoms with Crippen LogP contribution in [0.1, 0.15) is 106 Å². The summed E-state index contributed by atoms with van der Waals surface area (Å²) < 4.78 is 12.9. The van der Waals surface area contributed by atoms with Crippen molar-refractivity contribution in [3.05, 3.63) is 53.6 Å². The normalized spacial score (nSPS) is 19.0. The summed E-state index contributed by atoms with van der Waals surface area (Å²) in [4.78, 5) is 13.3. The third-order valence-electron chi connectivity index (χ3n) is 6.98. The van der Waals surface area contributed by atoms with Crippen LogP contribution in [-0.4, -0.2) is 23.1 Å². The first-order valence-corrected chi connectivity index (χ1v) is 13.0. The Morgan fingerprint density at radius 2 is 1.03 bits per heavy atom. The van der Waals surface area contributed by atoms with Crippen molar-refractivity contribution in [1.82, 2.24) is 0 Å². The zero-order chi connectivity index (χ0) is 22.9. The Kier molecular flexibility index (Phi) is 8.68.